The van der Waals surface area contributed by atoms with E-state index in [1.807, 2.05) is 43.3 Å². The van der Waals surface area contributed by atoms with Gasteiger partial charge in [-0.15, -0.1) is 0 Å². The van der Waals surface area contributed by atoms with Gasteiger partial charge >= 0.3 is 5.97 Å². The summed E-state index contributed by atoms with van der Waals surface area (Å²) >= 11 is 0. The van der Waals surface area contributed by atoms with Crippen molar-refractivity contribution < 1.29 is 19.1 Å². The van der Waals surface area contributed by atoms with Crippen molar-refractivity contribution >= 4 is 11.9 Å². The van der Waals surface area contributed by atoms with Crippen molar-refractivity contribution in [1.29, 1.82) is 5.26 Å². The average molecular weight is 352 g/mol. The summed E-state index contributed by atoms with van der Waals surface area (Å²) in [5.74, 6) is -0.590. The van der Waals surface area contributed by atoms with Crippen LogP contribution in [0.3, 0.4) is 0 Å². The van der Waals surface area contributed by atoms with E-state index in [-0.39, 0.29) is 18.6 Å². The molecule has 6 nitrogen and oxygen atoms in total. The molecule has 0 aliphatic heterocycles. The monoisotopic (exact) mass is 352 g/mol. The summed E-state index contributed by atoms with van der Waals surface area (Å²) in [7, 11) is 0. The van der Waals surface area contributed by atoms with Crippen LogP contribution in [0.25, 0.3) is 0 Å². The number of nitrogens with zero attached hydrogens (tertiary/aromatic N) is 1. The quantitative estimate of drug-likeness (QED) is 0.774. The zero-order chi connectivity index (χ0) is 18.9. The van der Waals surface area contributed by atoms with E-state index in [9.17, 15) is 9.59 Å². The summed E-state index contributed by atoms with van der Waals surface area (Å²) < 4.78 is 10.4. The van der Waals surface area contributed by atoms with Crippen molar-refractivity contribution in [2.75, 3.05) is 6.61 Å². The van der Waals surface area contributed by atoms with Gasteiger partial charge in [-0.25, -0.2) is 4.79 Å². The first-order chi connectivity index (χ1) is 12.5. The lowest BCUT2D eigenvalue weighted by molar-refractivity contribution is -0.154. The zero-order valence-corrected chi connectivity index (χ0v) is 14.6. The number of ether oxygens (including phenoxy) is 2. The van der Waals surface area contributed by atoms with Crippen LogP contribution in [0.4, 0.5) is 0 Å². The van der Waals surface area contributed by atoms with E-state index in [0.717, 1.165) is 5.56 Å². The Morgan fingerprint density at radius 2 is 1.73 bits per heavy atom. The second-order valence-corrected chi connectivity index (χ2v) is 5.70. The SMILES string of the molecule is C[C@H](Oc1ccc(C#N)cc1)C(=O)OCC(=O)N[C@H](C)c1ccccc1. The molecule has 0 spiro atoms. The summed E-state index contributed by atoms with van der Waals surface area (Å²) in [5, 5.41) is 11.5. The Morgan fingerprint density at radius 1 is 1.08 bits per heavy atom. The lowest BCUT2D eigenvalue weighted by Gasteiger charge is -2.16. The molecule has 2 aromatic rings. The lowest BCUT2D eigenvalue weighted by Crippen LogP contribution is -2.34. The number of nitriles is 1. The van der Waals surface area contributed by atoms with E-state index in [1.165, 1.54) is 6.92 Å². The van der Waals surface area contributed by atoms with E-state index >= 15 is 0 Å². The number of hydrogen-bond acceptors (Lipinski definition) is 5. The predicted octanol–water partition coefficient (Wildman–Crippen LogP) is 2.75. The fourth-order valence-corrected chi connectivity index (χ4v) is 2.22. The highest BCUT2D eigenvalue weighted by atomic mass is 16.6. The molecule has 0 aliphatic rings. The van der Waals surface area contributed by atoms with E-state index in [0.29, 0.717) is 11.3 Å². The first-order valence-corrected chi connectivity index (χ1v) is 8.17. The Labute approximate surface area is 152 Å². The van der Waals surface area contributed by atoms with Crippen LogP contribution < -0.4 is 10.1 Å². The number of hydrogen-bond donors (Lipinski definition) is 1. The van der Waals surface area contributed by atoms with Crippen LogP contribution in [-0.2, 0) is 14.3 Å². The van der Waals surface area contributed by atoms with Crippen LogP contribution in [0.5, 0.6) is 5.75 Å². The van der Waals surface area contributed by atoms with Gasteiger partial charge in [-0.1, -0.05) is 30.3 Å². The summed E-state index contributed by atoms with van der Waals surface area (Å²) in [5.41, 5.74) is 1.46. The van der Waals surface area contributed by atoms with E-state index < -0.39 is 12.1 Å². The standard InChI is InChI=1S/C20H20N2O4/c1-14(17-6-4-3-5-7-17)22-19(23)13-25-20(24)15(2)26-18-10-8-16(12-21)9-11-18/h3-11,14-15H,13H2,1-2H3,(H,22,23)/t14-,15+/m1/s1. The van der Waals surface area contributed by atoms with Gasteiger partial charge < -0.3 is 14.8 Å². The number of rotatable bonds is 7. The topological polar surface area (TPSA) is 88.4 Å². The summed E-state index contributed by atoms with van der Waals surface area (Å²) in [6.07, 6.45) is -0.873. The molecule has 0 aliphatic carbocycles. The van der Waals surface area contributed by atoms with Crippen molar-refractivity contribution in [3.63, 3.8) is 0 Å². The number of nitrogens with one attached hydrogen (secondary N) is 1. The first-order valence-electron chi connectivity index (χ1n) is 8.17. The number of carbonyl (C=O) groups is 2. The van der Waals surface area contributed by atoms with Gasteiger partial charge in [0.05, 0.1) is 17.7 Å². The second-order valence-electron chi connectivity index (χ2n) is 5.70. The van der Waals surface area contributed by atoms with Crippen molar-refractivity contribution in [1.82, 2.24) is 5.32 Å². The molecule has 134 valence electrons. The van der Waals surface area contributed by atoms with Crippen LogP contribution in [0.2, 0.25) is 0 Å². The Bertz CT molecular complexity index is 782. The molecule has 1 N–H and O–H groups in total. The maximum absolute atomic E-state index is 12.0. The van der Waals surface area contributed by atoms with Gasteiger partial charge in [0.25, 0.3) is 5.91 Å². The normalized spacial score (nSPS) is 12.3. The molecular weight excluding hydrogens is 332 g/mol. The Morgan fingerprint density at radius 3 is 2.35 bits per heavy atom. The fraction of sp³-hybridized carbons (Fsp3) is 0.250. The zero-order valence-electron chi connectivity index (χ0n) is 14.6. The van der Waals surface area contributed by atoms with Crippen LogP contribution >= 0.6 is 0 Å². The molecule has 0 radical (unpaired) electrons. The number of amides is 1. The van der Waals surface area contributed by atoms with Gasteiger partial charge in [0.1, 0.15) is 5.75 Å². The molecule has 0 aromatic heterocycles. The molecule has 0 fully saturated rings. The van der Waals surface area contributed by atoms with Gasteiger partial charge in [-0.2, -0.15) is 5.26 Å². The van der Waals surface area contributed by atoms with Crippen LogP contribution in [0.15, 0.2) is 54.6 Å². The Balaban J connectivity index is 1.77. The van der Waals surface area contributed by atoms with Crippen molar-refractivity contribution in [2.45, 2.75) is 26.0 Å². The van der Waals surface area contributed by atoms with Crippen LogP contribution in [-0.4, -0.2) is 24.6 Å². The lowest BCUT2D eigenvalue weighted by atomic mass is 10.1. The summed E-state index contributed by atoms with van der Waals surface area (Å²) in [6, 6.07) is 17.7. The fourth-order valence-electron chi connectivity index (χ4n) is 2.22. The van der Waals surface area contributed by atoms with Crippen molar-refractivity contribution in [2.24, 2.45) is 0 Å². The largest absolute Gasteiger partial charge is 0.479 e. The molecule has 1 amide bonds. The first kappa shape index (κ1) is 19.0. The van der Waals surface area contributed by atoms with Gasteiger partial charge in [0, 0.05) is 0 Å². The molecule has 0 saturated carbocycles. The van der Waals surface area contributed by atoms with Crippen LogP contribution in [0.1, 0.15) is 31.0 Å². The Hall–Kier alpha value is -3.33. The minimum absolute atomic E-state index is 0.185. The molecule has 6 heteroatoms. The third-order valence-electron chi connectivity index (χ3n) is 3.65. The van der Waals surface area contributed by atoms with Gasteiger partial charge in [0.2, 0.25) is 0 Å². The maximum Gasteiger partial charge on any atom is 0.347 e. The smallest absolute Gasteiger partial charge is 0.347 e. The minimum atomic E-state index is -0.873. The molecule has 2 rings (SSSR count). The molecule has 0 unspecified atom stereocenters. The van der Waals surface area contributed by atoms with E-state index in [1.54, 1.807) is 24.3 Å². The van der Waals surface area contributed by atoms with Crippen molar-refractivity contribution in [3.05, 3.63) is 65.7 Å². The Kier molecular flexibility index (Phi) is 6.75. The van der Waals surface area contributed by atoms with Crippen LogP contribution in [0, 0.1) is 11.3 Å². The van der Waals surface area contributed by atoms with Gasteiger partial charge in [-0.05, 0) is 43.7 Å². The third-order valence-corrected chi connectivity index (χ3v) is 3.65. The van der Waals surface area contributed by atoms with Gasteiger partial charge in [0.15, 0.2) is 12.7 Å². The highest BCUT2D eigenvalue weighted by Gasteiger charge is 2.18. The second kappa shape index (κ2) is 9.23. The number of carbonyl (C=O) groups excluding carboxylic acids is 2. The number of esters is 1. The molecule has 0 bridgehead atoms. The highest BCUT2D eigenvalue weighted by molar-refractivity contribution is 5.82. The van der Waals surface area contributed by atoms with Crippen molar-refractivity contribution in [3.8, 4) is 11.8 Å². The predicted molar refractivity (Wildman–Crippen MR) is 95.2 cm³/mol. The molecule has 2 aromatic carbocycles. The maximum atomic E-state index is 12.0. The molecular formula is C20H20N2O4. The molecule has 0 heterocycles. The average Bonchev–Trinajstić information content (AvgIpc) is 2.67. The third kappa shape index (κ3) is 5.64. The summed E-state index contributed by atoms with van der Waals surface area (Å²) in [4.78, 5) is 23.9. The van der Waals surface area contributed by atoms with E-state index in [4.69, 9.17) is 14.7 Å². The molecule has 0 saturated heterocycles. The van der Waals surface area contributed by atoms with Gasteiger partial charge in [-0.3, -0.25) is 4.79 Å². The molecule has 2 atom stereocenters. The highest BCUT2D eigenvalue weighted by Crippen LogP contribution is 2.14. The number of benzene rings is 2. The summed E-state index contributed by atoms with van der Waals surface area (Å²) in [6.45, 7) is 3.01. The minimum Gasteiger partial charge on any atom is -0.479 e. The van der Waals surface area contributed by atoms with E-state index in [2.05, 4.69) is 5.32 Å². The molecule has 26 heavy (non-hydrogen) atoms.